The van der Waals surface area contributed by atoms with Crippen LogP contribution in [0.15, 0.2) is 24.5 Å². The molecule has 0 radical (unpaired) electrons. The summed E-state index contributed by atoms with van der Waals surface area (Å²) in [5.41, 5.74) is 1.29. The molecule has 2 aliphatic rings. The molecule has 3 heterocycles. The van der Waals surface area contributed by atoms with Crippen LogP contribution in [0.25, 0.3) is 0 Å². The molecule has 1 amide bonds. The summed E-state index contributed by atoms with van der Waals surface area (Å²) in [6.45, 7) is 8.33. The van der Waals surface area contributed by atoms with Gasteiger partial charge in [0.2, 0.25) is 5.91 Å². The van der Waals surface area contributed by atoms with Gasteiger partial charge in [0.25, 0.3) is 0 Å². The lowest BCUT2D eigenvalue weighted by molar-refractivity contribution is -0.131. The summed E-state index contributed by atoms with van der Waals surface area (Å²) in [6, 6.07) is 4.16. The first-order chi connectivity index (χ1) is 11.8. The van der Waals surface area contributed by atoms with Crippen LogP contribution >= 0.6 is 0 Å². The highest BCUT2D eigenvalue weighted by Crippen LogP contribution is 2.32. The van der Waals surface area contributed by atoms with E-state index >= 15 is 0 Å². The Morgan fingerprint density at radius 1 is 1.29 bits per heavy atom. The highest BCUT2D eigenvalue weighted by atomic mass is 16.5. The fourth-order valence-electron chi connectivity index (χ4n) is 3.97. The minimum absolute atomic E-state index is 0.267. The second kappa shape index (κ2) is 8.58. The van der Waals surface area contributed by atoms with Crippen LogP contribution in [-0.4, -0.2) is 60.1 Å². The molecule has 0 bridgehead atoms. The van der Waals surface area contributed by atoms with Crippen molar-refractivity contribution in [2.75, 3.05) is 39.4 Å². The molecule has 5 heteroatoms. The number of carbonyl (C=O) groups excluding carboxylic acids is 1. The molecule has 2 aliphatic heterocycles. The first-order valence-electron chi connectivity index (χ1n) is 9.23. The van der Waals surface area contributed by atoms with Crippen molar-refractivity contribution < 1.29 is 9.53 Å². The maximum absolute atomic E-state index is 12.3. The van der Waals surface area contributed by atoms with Crippen LogP contribution in [0.1, 0.15) is 31.7 Å². The molecule has 2 atom stereocenters. The molecule has 0 unspecified atom stereocenters. The van der Waals surface area contributed by atoms with Gasteiger partial charge in [-0.3, -0.25) is 14.7 Å². The third-order valence-corrected chi connectivity index (χ3v) is 5.35. The van der Waals surface area contributed by atoms with Gasteiger partial charge in [-0.2, -0.15) is 0 Å². The molecule has 24 heavy (non-hydrogen) atoms. The summed E-state index contributed by atoms with van der Waals surface area (Å²) in [6.07, 6.45) is 6.71. The lowest BCUT2D eigenvalue weighted by Crippen LogP contribution is -2.31. The van der Waals surface area contributed by atoms with Crippen LogP contribution in [0, 0.1) is 11.8 Å². The zero-order valence-corrected chi connectivity index (χ0v) is 14.7. The van der Waals surface area contributed by atoms with E-state index in [1.54, 1.807) is 0 Å². The first-order valence-corrected chi connectivity index (χ1v) is 9.23. The van der Waals surface area contributed by atoms with Crippen molar-refractivity contribution in [3.8, 4) is 0 Å². The second-order valence-electron chi connectivity index (χ2n) is 6.98. The Morgan fingerprint density at radius 2 is 2.04 bits per heavy atom. The summed E-state index contributed by atoms with van der Waals surface area (Å²) in [4.78, 5) is 21.1. The zero-order valence-electron chi connectivity index (χ0n) is 14.7. The van der Waals surface area contributed by atoms with Gasteiger partial charge >= 0.3 is 0 Å². The van der Waals surface area contributed by atoms with Crippen LogP contribution in [0.2, 0.25) is 0 Å². The minimum atomic E-state index is 0.267. The van der Waals surface area contributed by atoms with E-state index in [9.17, 15) is 4.79 Å². The predicted octanol–water partition coefficient (Wildman–Crippen LogP) is 2.18. The van der Waals surface area contributed by atoms with Crippen LogP contribution in [-0.2, 0) is 16.1 Å². The Labute approximate surface area is 145 Å². The summed E-state index contributed by atoms with van der Waals surface area (Å²) in [5, 5.41) is 0. The van der Waals surface area contributed by atoms with Gasteiger partial charge in [0.05, 0.1) is 13.0 Å². The number of hydrogen-bond acceptors (Lipinski definition) is 4. The van der Waals surface area contributed by atoms with Gasteiger partial charge in [0.15, 0.2) is 0 Å². The number of ether oxygens (including phenoxy) is 1. The molecule has 5 nitrogen and oxygen atoms in total. The molecule has 2 saturated heterocycles. The quantitative estimate of drug-likeness (QED) is 0.750. The van der Waals surface area contributed by atoms with E-state index < -0.39 is 0 Å². The van der Waals surface area contributed by atoms with E-state index in [0.717, 1.165) is 32.7 Å². The number of aromatic nitrogens is 1. The number of hydrogen-bond donors (Lipinski definition) is 0. The zero-order chi connectivity index (χ0) is 16.8. The first kappa shape index (κ1) is 17.4. The van der Waals surface area contributed by atoms with Gasteiger partial charge in [-0.1, -0.05) is 6.07 Å². The normalized spacial score (nSPS) is 24.6. The van der Waals surface area contributed by atoms with E-state index in [1.807, 2.05) is 25.4 Å². The molecular formula is C19H29N3O2. The van der Waals surface area contributed by atoms with Gasteiger partial charge in [-0.05, 0) is 56.3 Å². The van der Waals surface area contributed by atoms with Crippen molar-refractivity contribution in [2.24, 2.45) is 11.8 Å². The molecule has 0 aliphatic carbocycles. The van der Waals surface area contributed by atoms with Crippen molar-refractivity contribution in [3.05, 3.63) is 30.1 Å². The Morgan fingerprint density at radius 3 is 2.67 bits per heavy atom. The molecule has 3 rings (SSSR count). The lowest BCUT2D eigenvalue weighted by atomic mass is 9.92. The summed E-state index contributed by atoms with van der Waals surface area (Å²) < 4.78 is 5.31. The SMILES string of the molecule is CCOCCC(=O)N1C[C@H]2CCN(Cc3cccnc3)CC[C@H]2C1. The molecule has 1 aromatic rings. The van der Waals surface area contributed by atoms with Gasteiger partial charge in [0, 0.05) is 38.6 Å². The van der Waals surface area contributed by atoms with E-state index in [0.29, 0.717) is 31.5 Å². The highest BCUT2D eigenvalue weighted by Gasteiger charge is 2.36. The van der Waals surface area contributed by atoms with Gasteiger partial charge in [-0.25, -0.2) is 0 Å². The highest BCUT2D eigenvalue weighted by molar-refractivity contribution is 5.76. The number of pyridine rings is 1. The number of nitrogens with zero attached hydrogens (tertiary/aromatic N) is 3. The number of carbonyl (C=O) groups is 1. The van der Waals surface area contributed by atoms with Gasteiger partial charge < -0.3 is 9.64 Å². The third kappa shape index (κ3) is 4.54. The monoisotopic (exact) mass is 331 g/mol. The molecule has 0 saturated carbocycles. The fourth-order valence-corrected chi connectivity index (χ4v) is 3.97. The largest absolute Gasteiger partial charge is 0.381 e. The summed E-state index contributed by atoms with van der Waals surface area (Å²) >= 11 is 0. The molecule has 0 spiro atoms. The Bertz CT molecular complexity index is 507. The Balaban J connectivity index is 1.46. The fraction of sp³-hybridized carbons (Fsp3) is 0.684. The summed E-state index contributed by atoms with van der Waals surface area (Å²) in [7, 11) is 0. The minimum Gasteiger partial charge on any atom is -0.381 e. The van der Waals surface area contributed by atoms with Gasteiger partial charge in [-0.15, -0.1) is 0 Å². The molecular weight excluding hydrogens is 302 g/mol. The maximum Gasteiger partial charge on any atom is 0.224 e. The Kier molecular flexibility index (Phi) is 6.21. The molecule has 2 fully saturated rings. The van der Waals surface area contributed by atoms with Crippen LogP contribution in [0.5, 0.6) is 0 Å². The summed E-state index contributed by atoms with van der Waals surface area (Å²) in [5.74, 6) is 1.60. The molecule has 0 aromatic carbocycles. The van der Waals surface area contributed by atoms with Crippen LogP contribution in [0.4, 0.5) is 0 Å². The number of amides is 1. The Hall–Kier alpha value is -1.46. The topological polar surface area (TPSA) is 45.7 Å². The predicted molar refractivity (Wildman–Crippen MR) is 93.4 cm³/mol. The van der Waals surface area contributed by atoms with E-state index in [1.165, 1.54) is 18.4 Å². The van der Waals surface area contributed by atoms with E-state index in [2.05, 4.69) is 20.9 Å². The standard InChI is InChI=1S/C19H29N3O2/c1-2-24-11-7-19(23)22-14-17-5-9-21(10-6-18(17)15-22)13-16-4-3-8-20-12-16/h3-4,8,12,17-18H,2,5-7,9-11,13-15H2,1H3/t17-,18+. The number of fused-ring (bicyclic) bond motifs is 1. The van der Waals surface area contributed by atoms with Crippen molar-refractivity contribution in [3.63, 3.8) is 0 Å². The van der Waals surface area contributed by atoms with E-state index in [4.69, 9.17) is 4.74 Å². The van der Waals surface area contributed by atoms with Crippen LogP contribution in [0.3, 0.4) is 0 Å². The van der Waals surface area contributed by atoms with Crippen molar-refractivity contribution in [1.82, 2.24) is 14.8 Å². The van der Waals surface area contributed by atoms with Crippen molar-refractivity contribution >= 4 is 5.91 Å². The van der Waals surface area contributed by atoms with Crippen molar-refractivity contribution in [1.29, 1.82) is 0 Å². The molecule has 132 valence electrons. The molecule has 1 aromatic heterocycles. The average Bonchev–Trinajstić information content (AvgIpc) is 2.93. The lowest BCUT2D eigenvalue weighted by Gasteiger charge is -2.22. The second-order valence-corrected chi connectivity index (χ2v) is 6.98. The number of likely N-dealkylation sites (tertiary alicyclic amines) is 2. The maximum atomic E-state index is 12.3. The van der Waals surface area contributed by atoms with Gasteiger partial charge in [0.1, 0.15) is 0 Å². The van der Waals surface area contributed by atoms with E-state index in [-0.39, 0.29) is 5.91 Å². The molecule has 0 N–H and O–H groups in total. The number of rotatable bonds is 6. The average molecular weight is 331 g/mol. The van der Waals surface area contributed by atoms with Crippen LogP contribution < -0.4 is 0 Å². The third-order valence-electron chi connectivity index (χ3n) is 5.35. The smallest absolute Gasteiger partial charge is 0.224 e. The van der Waals surface area contributed by atoms with Crippen molar-refractivity contribution in [2.45, 2.75) is 32.7 Å².